The number of halogens is 1. The van der Waals surface area contributed by atoms with E-state index in [-0.39, 0.29) is 33.3 Å². The minimum Gasteiger partial charge on any atom is -0.376 e. The summed E-state index contributed by atoms with van der Waals surface area (Å²) in [5.74, 6) is -0.178. The Morgan fingerprint density at radius 2 is 1.73 bits per heavy atom. The molecule has 0 unspecified atom stereocenters. The minimum absolute atomic E-state index is 0.0298. The smallest absolute Gasteiger partial charge is 0.239 e. The molecule has 0 radical (unpaired) electrons. The van der Waals surface area contributed by atoms with E-state index in [0.29, 0.717) is 11.3 Å². The summed E-state index contributed by atoms with van der Waals surface area (Å²) in [5.41, 5.74) is 2.01. The number of anilines is 1. The molecule has 0 aliphatic rings. The number of benzene rings is 2. The van der Waals surface area contributed by atoms with Gasteiger partial charge in [0.15, 0.2) is 0 Å². The summed E-state index contributed by atoms with van der Waals surface area (Å²) in [5, 5.41) is 6.03. The maximum absolute atomic E-state index is 13.0. The number of aryl methyl sites for hydroxylation is 1. The van der Waals surface area contributed by atoms with E-state index in [0.717, 1.165) is 5.56 Å². The first kappa shape index (κ1) is 20.3. The Kier molecular flexibility index (Phi) is 6.31. The van der Waals surface area contributed by atoms with Crippen molar-refractivity contribution in [1.82, 2.24) is 5.32 Å². The Morgan fingerprint density at radius 3 is 2.31 bits per heavy atom. The molecule has 0 spiro atoms. The second-order valence-electron chi connectivity index (χ2n) is 6.47. The molecule has 0 fully saturated rings. The lowest BCUT2D eigenvalue weighted by Crippen LogP contribution is -2.35. The van der Waals surface area contributed by atoms with Gasteiger partial charge in [-0.25, -0.2) is 8.42 Å². The third-order valence-corrected chi connectivity index (χ3v) is 5.95. The summed E-state index contributed by atoms with van der Waals surface area (Å²) >= 11 is 6.14. The van der Waals surface area contributed by atoms with Gasteiger partial charge in [0, 0.05) is 16.8 Å². The Labute approximate surface area is 159 Å². The van der Waals surface area contributed by atoms with Crippen LogP contribution in [0.3, 0.4) is 0 Å². The number of rotatable bonds is 6. The topological polar surface area (TPSA) is 75.3 Å². The molecule has 0 atom stereocenters. The second kappa shape index (κ2) is 8.10. The molecule has 26 heavy (non-hydrogen) atoms. The number of carbonyl (C=O) groups excluding carboxylic acids is 1. The molecule has 0 bridgehead atoms. The number of sulfone groups is 1. The molecule has 0 saturated carbocycles. The number of carbonyl (C=O) groups is 1. The van der Waals surface area contributed by atoms with E-state index in [9.17, 15) is 13.2 Å². The van der Waals surface area contributed by atoms with Gasteiger partial charge in [-0.3, -0.25) is 4.79 Å². The summed E-state index contributed by atoms with van der Waals surface area (Å²) < 4.78 is 26.0. The van der Waals surface area contributed by atoms with E-state index in [4.69, 9.17) is 11.6 Å². The lowest BCUT2D eigenvalue weighted by atomic mass is 10.2. The molecule has 0 aliphatic heterocycles. The van der Waals surface area contributed by atoms with Gasteiger partial charge < -0.3 is 10.6 Å². The lowest BCUT2D eigenvalue weighted by Gasteiger charge is -2.15. The zero-order valence-corrected chi connectivity index (χ0v) is 16.8. The minimum atomic E-state index is -3.71. The van der Waals surface area contributed by atoms with Crippen molar-refractivity contribution in [2.75, 3.05) is 11.9 Å². The van der Waals surface area contributed by atoms with Crippen LogP contribution in [-0.2, 0) is 14.6 Å². The molecular formula is C19H23ClN2O3S. The molecule has 0 heterocycles. The molecule has 0 saturated heterocycles. The van der Waals surface area contributed by atoms with E-state index in [1.165, 1.54) is 6.07 Å². The average Bonchev–Trinajstić information content (AvgIpc) is 2.55. The second-order valence-corrected chi connectivity index (χ2v) is 8.82. The summed E-state index contributed by atoms with van der Waals surface area (Å²) in [4.78, 5) is 12.2. The van der Waals surface area contributed by atoms with Crippen LogP contribution < -0.4 is 10.6 Å². The Balaban J connectivity index is 2.37. The standard InChI is InChI=1S/C19H23ClN2O3S/c1-12(2)22-19(23)11-21-17-9-15(20)10-18(14(17)4)26(24,25)16-7-5-13(3)6-8-16/h5-10,12,21H,11H2,1-4H3,(H,22,23). The number of nitrogens with one attached hydrogen (secondary N) is 2. The zero-order valence-electron chi connectivity index (χ0n) is 15.3. The van der Waals surface area contributed by atoms with Crippen molar-refractivity contribution < 1.29 is 13.2 Å². The number of hydrogen-bond donors (Lipinski definition) is 2. The van der Waals surface area contributed by atoms with Gasteiger partial charge in [0.2, 0.25) is 15.7 Å². The fourth-order valence-electron chi connectivity index (χ4n) is 2.51. The van der Waals surface area contributed by atoms with Crippen molar-refractivity contribution in [2.24, 2.45) is 0 Å². The fraction of sp³-hybridized carbons (Fsp3) is 0.316. The maximum Gasteiger partial charge on any atom is 0.239 e. The third kappa shape index (κ3) is 4.77. The molecule has 0 aromatic heterocycles. The van der Waals surface area contributed by atoms with Gasteiger partial charge in [-0.05, 0) is 57.5 Å². The monoisotopic (exact) mass is 394 g/mol. The molecule has 2 N–H and O–H groups in total. The van der Waals surface area contributed by atoms with Crippen LogP contribution in [-0.4, -0.2) is 26.9 Å². The van der Waals surface area contributed by atoms with Gasteiger partial charge in [0.05, 0.1) is 16.3 Å². The van der Waals surface area contributed by atoms with Crippen LogP contribution in [0, 0.1) is 13.8 Å². The zero-order chi connectivity index (χ0) is 19.5. The Hall–Kier alpha value is -2.05. The first-order valence-corrected chi connectivity index (χ1v) is 10.1. The van der Waals surface area contributed by atoms with Crippen molar-refractivity contribution in [3.63, 3.8) is 0 Å². The van der Waals surface area contributed by atoms with Crippen LogP contribution >= 0.6 is 11.6 Å². The van der Waals surface area contributed by atoms with Crippen LogP contribution in [0.5, 0.6) is 0 Å². The van der Waals surface area contributed by atoms with Gasteiger partial charge in [-0.15, -0.1) is 0 Å². The van der Waals surface area contributed by atoms with Crippen molar-refractivity contribution >= 4 is 33.0 Å². The van der Waals surface area contributed by atoms with E-state index in [1.54, 1.807) is 37.3 Å². The van der Waals surface area contributed by atoms with Crippen molar-refractivity contribution in [2.45, 2.75) is 43.5 Å². The third-order valence-electron chi connectivity index (χ3n) is 3.83. The van der Waals surface area contributed by atoms with Gasteiger partial charge in [-0.1, -0.05) is 29.3 Å². The van der Waals surface area contributed by atoms with Crippen molar-refractivity contribution in [3.8, 4) is 0 Å². The molecule has 7 heteroatoms. The highest BCUT2D eigenvalue weighted by Gasteiger charge is 2.22. The molecule has 2 aromatic carbocycles. The van der Waals surface area contributed by atoms with Crippen LogP contribution in [0.25, 0.3) is 0 Å². The highest BCUT2D eigenvalue weighted by atomic mass is 35.5. The van der Waals surface area contributed by atoms with Crippen LogP contribution in [0.4, 0.5) is 5.69 Å². The first-order chi connectivity index (χ1) is 12.1. The van der Waals surface area contributed by atoms with Gasteiger partial charge in [0.25, 0.3) is 0 Å². The summed E-state index contributed by atoms with van der Waals surface area (Å²) in [7, 11) is -3.71. The fourth-order valence-corrected chi connectivity index (χ4v) is 4.34. The SMILES string of the molecule is Cc1ccc(S(=O)(=O)c2cc(Cl)cc(NCC(=O)NC(C)C)c2C)cc1. The van der Waals surface area contributed by atoms with E-state index in [1.807, 2.05) is 20.8 Å². The Bertz CT molecular complexity index is 907. The molecule has 2 rings (SSSR count). The average molecular weight is 395 g/mol. The van der Waals surface area contributed by atoms with E-state index in [2.05, 4.69) is 10.6 Å². The Morgan fingerprint density at radius 1 is 1.12 bits per heavy atom. The largest absolute Gasteiger partial charge is 0.376 e. The van der Waals surface area contributed by atoms with E-state index < -0.39 is 9.84 Å². The van der Waals surface area contributed by atoms with Gasteiger partial charge >= 0.3 is 0 Å². The normalized spacial score (nSPS) is 11.5. The van der Waals surface area contributed by atoms with Crippen molar-refractivity contribution in [1.29, 1.82) is 0 Å². The maximum atomic E-state index is 13.0. The van der Waals surface area contributed by atoms with Crippen molar-refractivity contribution in [3.05, 3.63) is 52.5 Å². The summed E-state index contributed by atoms with van der Waals surface area (Å²) in [6.07, 6.45) is 0. The van der Waals surface area contributed by atoms with Gasteiger partial charge in [0.1, 0.15) is 0 Å². The molecule has 0 aliphatic carbocycles. The molecule has 5 nitrogen and oxygen atoms in total. The highest BCUT2D eigenvalue weighted by molar-refractivity contribution is 7.91. The predicted octanol–water partition coefficient (Wildman–Crippen LogP) is 3.73. The molecule has 1 amide bonds. The number of hydrogen-bond acceptors (Lipinski definition) is 4. The first-order valence-electron chi connectivity index (χ1n) is 8.26. The van der Waals surface area contributed by atoms with Gasteiger partial charge in [-0.2, -0.15) is 0 Å². The van der Waals surface area contributed by atoms with E-state index >= 15 is 0 Å². The molecule has 2 aromatic rings. The molecular weight excluding hydrogens is 372 g/mol. The van der Waals surface area contributed by atoms with Crippen LogP contribution in [0.15, 0.2) is 46.2 Å². The predicted molar refractivity (Wildman–Crippen MR) is 105 cm³/mol. The van der Waals surface area contributed by atoms with Crippen LogP contribution in [0.1, 0.15) is 25.0 Å². The quantitative estimate of drug-likeness (QED) is 0.782. The highest BCUT2D eigenvalue weighted by Crippen LogP contribution is 2.31. The summed E-state index contributed by atoms with van der Waals surface area (Å²) in [6, 6.07) is 9.74. The number of amides is 1. The lowest BCUT2D eigenvalue weighted by molar-refractivity contribution is -0.119. The summed E-state index contributed by atoms with van der Waals surface area (Å²) in [6.45, 7) is 7.36. The molecule has 140 valence electrons. The van der Waals surface area contributed by atoms with Crippen LogP contribution in [0.2, 0.25) is 5.02 Å².